The highest BCUT2D eigenvalue weighted by Gasteiger charge is 2.18. The molecule has 0 saturated carbocycles. The molecule has 110 valence electrons. The summed E-state index contributed by atoms with van der Waals surface area (Å²) in [4.78, 5) is 25.5. The van der Waals surface area contributed by atoms with Crippen LogP contribution in [-0.2, 0) is 11.8 Å². The third-order valence-corrected chi connectivity index (χ3v) is 3.42. The normalized spacial score (nSPS) is 17.7. The first-order chi connectivity index (χ1) is 9.58. The van der Waals surface area contributed by atoms with Crippen LogP contribution in [0.25, 0.3) is 0 Å². The predicted molar refractivity (Wildman–Crippen MR) is 73.7 cm³/mol. The Morgan fingerprint density at radius 2 is 2.15 bits per heavy atom. The molecule has 1 N–H and O–H groups in total. The van der Waals surface area contributed by atoms with Crippen LogP contribution >= 0.6 is 0 Å². The van der Waals surface area contributed by atoms with Crippen molar-refractivity contribution in [1.29, 1.82) is 0 Å². The minimum Gasteiger partial charge on any atom is -0.379 e. The molecule has 20 heavy (non-hydrogen) atoms. The van der Waals surface area contributed by atoms with Crippen molar-refractivity contribution in [2.24, 2.45) is 7.05 Å². The van der Waals surface area contributed by atoms with Crippen LogP contribution in [0.2, 0.25) is 0 Å². The first kappa shape index (κ1) is 14.7. The highest BCUT2D eigenvalue weighted by atomic mass is 16.5. The first-order valence-corrected chi connectivity index (χ1v) is 6.72. The monoisotopic (exact) mass is 280 g/mol. The zero-order chi connectivity index (χ0) is 14.5. The summed E-state index contributed by atoms with van der Waals surface area (Å²) in [7, 11) is 1.52. The van der Waals surface area contributed by atoms with Gasteiger partial charge in [0.1, 0.15) is 5.69 Å². The second-order valence-electron chi connectivity index (χ2n) is 4.89. The second kappa shape index (κ2) is 6.62. The maximum Gasteiger partial charge on any atom is 0.271 e. The lowest BCUT2D eigenvalue weighted by Gasteiger charge is -2.32. The quantitative estimate of drug-likeness (QED) is 0.784. The van der Waals surface area contributed by atoms with E-state index in [2.05, 4.69) is 22.2 Å². The van der Waals surface area contributed by atoms with Gasteiger partial charge in [-0.3, -0.25) is 14.5 Å². The van der Waals surface area contributed by atoms with E-state index in [4.69, 9.17) is 4.74 Å². The molecule has 1 amide bonds. The van der Waals surface area contributed by atoms with Gasteiger partial charge < -0.3 is 10.1 Å². The number of morpholine rings is 1. The van der Waals surface area contributed by atoms with Crippen LogP contribution in [0.15, 0.2) is 16.9 Å². The van der Waals surface area contributed by atoms with Crippen LogP contribution < -0.4 is 10.9 Å². The van der Waals surface area contributed by atoms with E-state index < -0.39 is 0 Å². The lowest BCUT2D eigenvalue weighted by atomic mass is 10.2. The number of carbonyl (C=O) groups is 1. The molecule has 7 nitrogen and oxygen atoms in total. The maximum absolute atomic E-state index is 12.0. The van der Waals surface area contributed by atoms with Crippen LogP contribution in [0.5, 0.6) is 0 Å². The van der Waals surface area contributed by atoms with Crippen LogP contribution in [-0.4, -0.2) is 59.5 Å². The Hall–Kier alpha value is -1.73. The molecule has 0 aromatic carbocycles. The van der Waals surface area contributed by atoms with Crippen molar-refractivity contribution in [2.75, 3.05) is 32.8 Å². The van der Waals surface area contributed by atoms with Gasteiger partial charge in [-0.15, -0.1) is 0 Å². The molecule has 2 heterocycles. The number of rotatable bonds is 4. The van der Waals surface area contributed by atoms with E-state index in [9.17, 15) is 9.59 Å². The van der Waals surface area contributed by atoms with Gasteiger partial charge in [0.05, 0.1) is 13.2 Å². The van der Waals surface area contributed by atoms with Crippen molar-refractivity contribution in [3.8, 4) is 0 Å². The summed E-state index contributed by atoms with van der Waals surface area (Å²) < 4.78 is 6.45. The van der Waals surface area contributed by atoms with E-state index in [-0.39, 0.29) is 23.2 Å². The molecule has 0 bridgehead atoms. The average Bonchev–Trinajstić information content (AvgIpc) is 2.48. The Morgan fingerprint density at radius 3 is 2.80 bits per heavy atom. The Bertz CT molecular complexity index is 523. The summed E-state index contributed by atoms with van der Waals surface area (Å²) in [6.45, 7) is 5.86. The molecule has 0 unspecified atom stereocenters. The highest BCUT2D eigenvalue weighted by molar-refractivity contribution is 5.91. The highest BCUT2D eigenvalue weighted by Crippen LogP contribution is 2.02. The Morgan fingerprint density at radius 1 is 1.45 bits per heavy atom. The van der Waals surface area contributed by atoms with E-state index in [1.807, 2.05) is 0 Å². The molecule has 1 aliphatic rings. The van der Waals surface area contributed by atoms with E-state index in [0.29, 0.717) is 6.54 Å². The summed E-state index contributed by atoms with van der Waals surface area (Å²) in [5.41, 5.74) is 0.0181. The fourth-order valence-corrected chi connectivity index (χ4v) is 2.10. The fourth-order valence-electron chi connectivity index (χ4n) is 2.10. The van der Waals surface area contributed by atoms with Crippen LogP contribution in [0.4, 0.5) is 0 Å². The zero-order valence-electron chi connectivity index (χ0n) is 11.8. The summed E-state index contributed by atoms with van der Waals surface area (Å²) in [6, 6.07) is 3.03. The van der Waals surface area contributed by atoms with E-state index in [0.717, 1.165) is 31.0 Å². The number of aromatic nitrogens is 2. The molecule has 0 radical (unpaired) electrons. The van der Waals surface area contributed by atoms with Gasteiger partial charge in [-0.2, -0.15) is 5.10 Å². The van der Waals surface area contributed by atoms with Crippen molar-refractivity contribution in [2.45, 2.75) is 13.0 Å². The third kappa shape index (κ3) is 3.64. The van der Waals surface area contributed by atoms with E-state index >= 15 is 0 Å². The van der Waals surface area contributed by atoms with Gasteiger partial charge in [-0.1, -0.05) is 0 Å². The maximum atomic E-state index is 12.0. The molecule has 1 saturated heterocycles. The molecule has 7 heteroatoms. The number of aryl methyl sites for hydroxylation is 1. The molecule has 1 atom stereocenters. The molecule has 1 fully saturated rings. The van der Waals surface area contributed by atoms with E-state index in [1.165, 1.54) is 19.2 Å². The first-order valence-electron chi connectivity index (χ1n) is 6.72. The zero-order valence-corrected chi connectivity index (χ0v) is 11.8. The molecule has 2 rings (SSSR count). The minimum absolute atomic E-state index is 0.233. The summed E-state index contributed by atoms with van der Waals surface area (Å²) in [5.74, 6) is -0.263. The van der Waals surface area contributed by atoms with Gasteiger partial charge in [0.25, 0.3) is 11.5 Å². The Labute approximate surface area is 117 Å². The number of amides is 1. The minimum atomic E-state index is -0.263. The number of nitrogens with zero attached hydrogens (tertiary/aromatic N) is 3. The average molecular weight is 280 g/mol. The predicted octanol–water partition coefficient (Wildman–Crippen LogP) is -0.769. The van der Waals surface area contributed by atoms with Crippen molar-refractivity contribution < 1.29 is 9.53 Å². The van der Waals surface area contributed by atoms with Crippen molar-refractivity contribution in [3.63, 3.8) is 0 Å². The number of hydrogen-bond acceptors (Lipinski definition) is 5. The summed E-state index contributed by atoms with van der Waals surface area (Å²) in [5, 5.41) is 6.77. The SMILES string of the molecule is C[C@@H](CNC(=O)c1ccc(=O)n(C)n1)N1CCOCC1. The lowest BCUT2D eigenvalue weighted by molar-refractivity contribution is 0.0204. The van der Waals surface area contributed by atoms with Gasteiger partial charge in [0.2, 0.25) is 0 Å². The van der Waals surface area contributed by atoms with Crippen LogP contribution in [0.1, 0.15) is 17.4 Å². The molecular weight excluding hydrogens is 260 g/mol. The van der Waals surface area contributed by atoms with Crippen molar-refractivity contribution in [3.05, 3.63) is 28.2 Å². The summed E-state index contributed by atoms with van der Waals surface area (Å²) >= 11 is 0. The Kier molecular flexibility index (Phi) is 4.86. The van der Waals surface area contributed by atoms with Gasteiger partial charge in [-0.25, -0.2) is 4.68 Å². The smallest absolute Gasteiger partial charge is 0.271 e. The third-order valence-electron chi connectivity index (χ3n) is 3.42. The Balaban J connectivity index is 1.87. The van der Waals surface area contributed by atoms with Gasteiger partial charge in [0, 0.05) is 38.8 Å². The second-order valence-corrected chi connectivity index (χ2v) is 4.89. The van der Waals surface area contributed by atoms with Crippen LogP contribution in [0, 0.1) is 0 Å². The van der Waals surface area contributed by atoms with Crippen LogP contribution in [0.3, 0.4) is 0 Å². The molecule has 1 aromatic heterocycles. The number of nitrogens with one attached hydrogen (secondary N) is 1. The topological polar surface area (TPSA) is 76.5 Å². The number of ether oxygens (including phenoxy) is 1. The fraction of sp³-hybridized carbons (Fsp3) is 0.615. The van der Waals surface area contributed by atoms with Gasteiger partial charge >= 0.3 is 0 Å². The van der Waals surface area contributed by atoms with Gasteiger partial charge in [-0.05, 0) is 13.0 Å². The molecule has 0 spiro atoms. The van der Waals surface area contributed by atoms with Gasteiger partial charge in [0.15, 0.2) is 0 Å². The lowest BCUT2D eigenvalue weighted by Crippen LogP contribution is -2.47. The summed E-state index contributed by atoms with van der Waals surface area (Å²) in [6.07, 6.45) is 0. The van der Waals surface area contributed by atoms with Crippen molar-refractivity contribution >= 4 is 5.91 Å². The molecular formula is C13H20N4O3. The number of carbonyl (C=O) groups excluding carboxylic acids is 1. The van der Waals surface area contributed by atoms with E-state index in [1.54, 1.807) is 0 Å². The standard InChI is InChI=1S/C13H20N4O3/c1-10(17-5-7-20-8-6-17)9-14-13(19)11-3-4-12(18)16(2)15-11/h3-4,10H,5-9H2,1-2H3,(H,14,19)/t10-/m0/s1. The number of hydrogen-bond donors (Lipinski definition) is 1. The molecule has 0 aliphatic carbocycles. The largest absolute Gasteiger partial charge is 0.379 e. The molecule has 1 aliphatic heterocycles. The molecule has 1 aromatic rings. The van der Waals surface area contributed by atoms with Crippen molar-refractivity contribution in [1.82, 2.24) is 20.0 Å².